The highest BCUT2D eigenvalue weighted by Crippen LogP contribution is 2.23. The van der Waals surface area contributed by atoms with E-state index in [1.807, 2.05) is 12.1 Å². The minimum Gasteiger partial charge on any atom is -0.493 e. The Morgan fingerprint density at radius 2 is 2.14 bits per heavy atom. The lowest BCUT2D eigenvalue weighted by Gasteiger charge is -2.26. The lowest BCUT2D eigenvalue weighted by Crippen LogP contribution is -2.40. The van der Waals surface area contributed by atoms with E-state index in [9.17, 15) is 0 Å². The van der Waals surface area contributed by atoms with Crippen molar-refractivity contribution >= 4 is 15.9 Å². The molecule has 0 atom stereocenters. The first-order chi connectivity index (χ1) is 10.3. The van der Waals surface area contributed by atoms with E-state index in [0.717, 1.165) is 69.2 Å². The van der Waals surface area contributed by atoms with Gasteiger partial charge in [-0.1, -0.05) is 22.9 Å². The molecule has 21 heavy (non-hydrogen) atoms. The minimum absolute atomic E-state index is 0.766. The molecule has 1 aliphatic heterocycles. The zero-order valence-electron chi connectivity index (χ0n) is 12.7. The minimum atomic E-state index is 0.766. The van der Waals surface area contributed by atoms with E-state index in [1.54, 1.807) is 0 Å². The molecule has 0 amide bonds. The summed E-state index contributed by atoms with van der Waals surface area (Å²) in [6.45, 7) is 9.60. The molecule has 1 fully saturated rings. The highest BCUT2D eigenvalue weighted by atomic mass is 79.9. The van der Waals surface area contributed by atoms with E-state index in [2.05, 4.69) is 39.1 Å². The van der Waals surface area contributed by atoms with Crippen LogP contribution in [0.5, 0.6) is 5.75 Å². The summed E-state index contributed by atoms with van der Waals surface area (Å²) < 4.78 is 12.3. The van der Waals surface area contributed by atoms with Gasteiger partial charge in [-0.15, -0.1) is 0 Å². The normalized spacial score (nSPS) is 16.1. The van der Waals surface area contributed by atoms with Crippen molar-refractivity contribution in [3.63, 3.8) is 0 Å². The number of hydrogen-bond acceptors (Lipinski definition) is 4. The van der Waals surface area contributed by atoms with Gasteiger partial charge in [0.05, 0.1) is 19.8 Å². The third-order valence-electron chi connectivity index (χ3n) is 3.51. The van der Waals surface area contributed by atoms with Crippen molar-refractivity contribution in [2.45, 2.75) is 19.9 Å². The highest BCUT2D eigenvalue weighted by Gasteiger charge is 2.09. The Labute approximate surface area is 135 Å². The van der Waals surface area contributed by atoms with Crippen LogP contribution in [0.1, 0.15) is 18.9 Å². The summed E-state index contributed by atoms with van der Waals surface area (Å²) in [5, 5.41) is 3.51. The van der Waals surface area contributed by atoms with Gasteiger partial charge in [-0.3, -0.25) is 4.90 Å². The average molecular weight is 357 g/mol. The van der Waals surface area contributed by atoms with Crippen LogP contribution < -0.4 is 10.1 Å². The van der Waals surface area contributed by atoms with Gasteiger partial charge in [-0.05, 0) is 24.6 Å². The van der Waals surface area contributed by atoms with E-state index in [1.165, 1.54) is 5.56 Å². The molecule has 1 aromatic rings. The van der Waals surface area contributed by atoms with Crippen molar-refractivity contribution in [3.8, 4) is 5.75 Å². The van der Waals surface area contributed by atoms with Crippen LogP contribution in [0.2, 0.25) is 0 Å². The van der Waals surface area contributed by atoms with Gasteiger partial charge in [0, 0.05) is 42.8 Å². The van der Waals surface area contributed by atoms with Crippen LogP contribution in [0.15, 0.2) is 22.7 Å². The molecule has 2 rings (SSSR count). The molecule has 0 aromatic heterocycles. The Hall–Kier alpha value is -0.620. The second kappa shape index (κ2) is 9.41. The maximum atomic E-state index is 5.80. The van der Waals surface area contributed by atoms with Gasteiger partial charge in [-0.2, -0.15) is 0 Å². The maximum absolute atomic E-state index is 5.80. The Balaban J connectivity index is 1.77. The lowest BCUT2D eigenvalue weighted by atomic mass is 10.2. The summed E-state index contributed by atoms with van der Waals surface area (Å²) >= 11 is 3.53. The Bertz CT molecular complexity index is 423. The molecule has 4 nitrogen and oxygen atoms in total. The van der Waals surface area contributed by atoms with Crippen molar-refractivity contribution in [1.82, 2.24) is 10.2 Å². The van der Waals surface area contributed by atoms with Crippen LogP contribution in [-0.2, 0) is 11.3 Å². The summed E-state index contributed by atoms with van der Waals surface area (Å²) in [6.07, 6.45) is 1.03. The summed E-state index contributed by atoms with van der Waals surface area (Å²) in [7, 11) is 0. The predicted octanol–water partition coefficient (Wildman–Crippen LogP) is 2.66. The van der Waals surface area contributed by atoms with Gasteiger partial charge < -0.3 is 14.8 Å². The average Bonchev–Trinajstić information content (AvgIpc) is 2.52. The summed E-state index contributed by atoms with van der Waals surface area (Å²) in [4.78, 5) is 2.44. The van der Waals surface area contributed by atoms with Crippen LogP contribution in [-0.4, -0.2) is 50.9 Å². The fourth-order valence-corrected chi connectivity index (χ4v) is 2.73. The van der Waals surface area contributed by atoms with Gasteiger partial charge in [0.2, 0.25) is 0 Å². The Morgan fingerprint density at radius 3 is 2.90 bits per heavy atom. The lowest BCUT2D eigenvalue weighted by molar-refractivity contribution is 0.0384. The Morgan fingerprint density at radius 1 is 1.33 bits per heavy atom. The third-order valence-corrected chi connectivity index (χ3v) is 4.00. The first-order valence-corrected chi connectivity index (χ1v) is 8.51. The van der Waals surface area contributed by atoms with E-state index >= 15 is 0 Å². The fourth-order valence-electron chi connectivity index (χ4n) is 2.32. The molecule has 1 N–H and O–H groups in total. The molecule has 118 valence electrons. The summed E-state index contributed by atoms with van der Waals surface area (Å²) in [5.41, 5.74) is 1.21. The van der Waals surface area contributed by atoms with E-state index in [4.69, 9.17) is 9.47 Å². The Kier molecular flexibility index (Phi) is 7.50. The van der Waals surface area contributed by atoms with Crippen LogP contribution in [0.4, 0.5) is 0 Å². The molecule has 1 aliphatic rings. The van der Waals surface area contributed by atoms with Crippen molar-refractivity contribution < 1.29 is 9.47 Å². The number of hydrogen-bond donors (Lipinski definition) is 1. The van der Waals surface area contributed by atoms with Crippen molar-refractivity contribution in [2.24, 2.45) is 0 Å². The maximum Gasteiger partial charge on any atom is 0.123 e. The quantitative estimate of drug-likeness (QED) is 0.726. The molecule has 0 saturated carbocycles. The number of benzene rings is 1. The molecule has 0 bridgehead atoms. The number of rotatable bonds is 8. The highest BCUT2D eigenvalue weighted by molar-refractivity contribution is 9.10. The third kappa shape index (κ3) is 5.94. The molecule has 1 aromatic carbocycles. The molecule has 1 saturated heterocycles. The van der Waals surface area contributed by atoms with Crippen molar-refractivity contribution in [3.05, 3.63) is 28.2 Å². The van der Waals surface area contributed by atoms with Gasteiger partial charge in [-0.25, -0.2) is 0 Å². The standard InChI is InChI=1S/C16H25BrN2O2/c1-2-9-21-16-4-3-15(17)12-14(16)13-18-5-6-19-7-10-20-11-8-19/h3-4,12,18H,2,5-11,13H2,1H3. The van der Waals surface area contributed by atoms with Gasteiger partial charge in [0.15, 0.2) is 0 Å². The van der Waals surface area contributed by atoms with E-state index in [-0.39, 0.29) is 0 Å². The molecule has 0 aliphatic carbocycles. The fraction of sp³-hybridized carbons (Fsp3) is 0.625. The summed E-state index contributed by atoms with van der Waals surface area (Å²) in [6, 6.07) is 6.20. The summed E-state index contributed by atoms with van der Waals surface area (Å²) in [5.74, 6) is 0.985. The van der Waals surface area contributed by atoms with Gasteiger partial charge >= 0.3 is 0 Å². The first-order valence-electron chi connectivity index (χ1n) is 7.71. The van der Waals surface area contributed by atoms with Crippen LogP contribution in [0.25, 0.3) is 0 Å². The smallest absolute Gasteiger partial charge is 0.123 e. The van der Waals surface area contributed by atoms with Crippen LogP contribution >= 0.6 is 15.9 Å². The first kappa shape index (κ1) is 16.7. The van der Waals surface area contributed by atoms with Crippen LogP contribution in [0.3, 0.4) is 0 Å². The van der Waals surface area contributed by atoms with Crippen LogP contribution in [0, 0.1) is 0 Å². The van der Waals surface area contributed by atoms with Crippen molar-refractivity contribution in [1.29, 1.82) is 0 Å². The number of ether oxygens (including phenoxy) is 2. The zero-order chi connectivity index (χ0) is 14.9. The van der Waals surface area contributed by atoms with Crippen molar-refractivity contribution in [2.75, 3.05) is 46.0 Å². The van der Waals surface area contributed by atoms with E-state index in [0.29, 0.717) is 0 Å². The second-order valence-corrected chi connectivity index (χ2v) is 6.15. The largest absolute Gasteiger partial charge is 0.493 e. The van der Waals surface area contributed by atoms with Gasteiger partial charge in [0.25, 0.3) is 0 Å². The molecule has 1 heterocycles. The molecule has 0 spiro atoms. The SMILES string of the molecule is CCCOc1ccc(Br)cc1CNCCN1CCOCC1. The second-order valence-electron chi connectivity index (χ2n) is 5.23. The number of halogens is 1. The predicted molar refractivity (Wildman–Crippen MR) is 88.9 cm³/mol. The molecule has 0 radical (unpaired) electrons. The zero-order valence-corrected chi connectivity index (χ0v) is 14.3. The number of morpholine rings is 1. The molecule has 0 unspecified atom stereocenters. The topological polar surface area (TPSA) is 33.7 Å². The molecular formula is C16H25BrN2O2. The molecule has 5 heteroatoms. The monoisotopic (exact) mass is 356 g/mol. The molecular weight excluding hydrogens is 332 g/mol. The number of nitrogens with zero attached hydrogens (tertiary/aromatic N) is 1. The number of nitrogens with one attached hydrogen (secondary N) is 1. The van der Waals surface area contributed by atoms with Gasteiger partial charge in [0.1, 0.15) is 5.75 Å². The van der Waals surface area contributed by atoms with E-state index < -0.39 is 0 Å².